The van der Waals surface area contributed by atoms with Crippen molar-refractivity contribution < 1.29 is 23.4 Å². The molecule has 2 rings (SSSR count). The first kappa shape index (κ1) is 18.6. The minimum Gasteiger partial charge on any atom is -0.444 e. The summed E-state index contributed by atoms with van der Waals surface area (Å²) in [6.07, 6.45) is -3.73. The molecule has 1 aromatic carbocycles. The Morgan fingerprint density at radius 2 is 2.08 bits per heavy atom. The van der Waals surface area contributed by atoms with Gasteiger partial charge in [0, 0.05) is 18.7 Å². The van der Waals surface area contributed by atoms with Gasteiger partial charge in [0.05, 0.1) is 12.1 Å². The SMILES string of the molecule is CC(C)(C)OC(=O)N1Cc2cc(C(F)F)ccc2C[C@H]1[C@H](O)CN. The number of aliphatic hydroxyl groups excluding tert-OH is 1. The van der Waals surface area contributed by atoms with E-state index in [2.05, 4.69) is 0 Å². The van der Waals surface area contributed by atoms with Crippen LogP contribution in [0, 0.1) is 0 Å². The topological polar surface area (TPSA) is 75.8 Å². The molecule has 1 heterocycles. The first-order valence-corrected chi connectivity index (χ1v) is 7.90. The van der Waals surface area contributed by atoms with Gasteiger partial charge in [-0.3, -0.25) is 4.90 Å². The number of rotatable bonds is 3. The second-order valence-electron chi connectivity index (χ2n) is 7.01. The summed E-state index contributed by atoms with van der Waals surface area (Å²) < 4.78 is 31.2. The van der Waals surface area contributed by atoms with E-state index >= 15 is 0 Å². The van der Waals surface area contributed by atoms with Crippen molar-refractivity contribution in [3.8, 4) is 0 Å². The zero-order chi connectivity index (χ0) is 18.1. The van der Waals surface area contributed by atoms with E-state index in [1.807, 2.05) is 0 Å². The van der Waals surface area contributed by atoms with Crippen LogP contribution in [0.3, 0.4) is 0 Å². The number of nitrogens with zero attached hydrogens (tertiary/aromatic N) is 1. The van der Waals surface area contributed by atoms with E-state index in [0.29, 0.717) is 12.0 Å². The van der Waals surface area contributed by atoms with Gasteiger partial charge in [-0.05, 0) is 44.4 Å². The van der Waals surface area contributed by atoms with Crippen LogP contribution in [0.2, 0.25) is 0 Å². The van der Waals surface area contributed by atoms with Crippen LogP contribution in [0.4, 0.5) is 13.6 Å². The Morgan fingerprint density at radius 1 is 1.42 bits per heavy atom. The average molecular weight is 342 g/mol. The number of hydrogen-bond acceptors (Lipinski definition) is 4. The molecular formula is C17H24F2N2O3. The molecule has 2 atom stereocenters. The lowest BCUT2D eigenvalue weighted by Gasteiger charge is -2.39. The molecular weight excluding hydrogens is 318 g/mol. The second-order valence-corrected chi connectivity index (χ2v) is 7.01. The fourth-order valence-electron chi connectivity index (χ4n) is 2.79. The fraction of sp³-hybridized carbons (Fsp3) is 0.588. The van der Waals surface area contributed by atoms with Crippen molar-refractivity contribution >= 4 is 6.09 Å². The molecule has 1 aromatic rings. The smallest absolute Gasteiger partial charge is 0.410 e. The molecule has 0 aromatic heterocycles. The van der Waals surface area contributed by atoms with E-state index in [1.54, 1.807) is 26.8 Å². The van der Waals surface area contributed by atoms with Gasteiger partial charge in [-0.25, -0.2) is 13.6 Å². The number of halogens is 2. The van der Waals surface area contributed by atoms with Crippen LogP contribution >= 0.6 is 0 Å². The van der Waals surface area contributed by atoms with Gasteiger partial charge in [0.25, 0.3) is 6.43 Å². The van der Waals surface area contributed by atoms with Crippen molar-refractivity contribution in [2.45, 2.75) is 57.9 Å². The van der Waals surface area contributed by atoms with Crippen LogP contribution < -0.4 is 5.73 Å². The van der Waals surface area contributed by atoms with Crippen LogP contribution in [-0.2, 0) is 17.7 Å². The molecule has 5 nitrogen and oxygen atoms in total. The maximum Gasteiger partial charge on any atom is 0.410 e. The third-order valence-corrected chi connectivity index (χ3v) is 3.97. The highest BCUT2D eigenvalue weighted by atomic mass is 19.3. The van der Waals surface area contributed by atoms with Gasteiger partial charge in [0.2, 0.25) is 0 Å². The predicted molar refractivity (Wildman–Crippen MR) is 85.7 cm³/mol. The maximum absolute atomic E-state index is 12.9. The number of benzene rings is 1. The second kappa shape index (κ2) is 7.03. The minimum absolute atomic E-state index is 0.00554. The number of aliphatic hydroxyl groups is 1. The minimum atomic E-state index is -2.57. The summed E-state index contributed by atoms with van der Waals surface area (Å²) in [5.74, 6) is 0. The van der Waals surface area contributed by atoms with Crippen molar-refractivity contribution in [1.82, 2.24) is 4.90 Å². The van der Waals surface area contributed by atoms with Crippen LogP contribution in [0.1, 0.15) is 43.9 Å². The van der Waals surface area contributed by atoms with Crippen LogP contribution in [0.5, 0.6) is 0 Å². The standard InChI is InChI=1S/C17H24F2N2O3/c1-17(2,3)24-16(23)21-9-12-6-11(15(18)19)5-4-10(12)7-13(21)14(22)8-20/h4-6,13-15,22H,7-9,20H2,1-3H3/t13-,14+/m0/s1. The average Bonchev–Trinajstić information content (AvgIpc) is 2.50. The van der Waals surface area contributed by atoms with Crippen molar-refractivity contribution in [1.29, 1.82) is 0 Å². The molecule has 0 saturated carbocycles. The van der Waals surface area contributed by atoms with E-state index in [-0.39, 0.29) is 18.7 Å². The number of alkyl halides is 2. The normalized spacial score (nSPS) is 19.2. The Labute approximate surface area is 140 Å². The monoisotopic (exact) mass is 342 g/mol. The molecule has 0 radical (unpaired) electrons. The number of carbonyl (C=O) groups excluding carboxylic acids is 1. The van der Waals surface area contributed by atoms with E-state index in [4.69, 9.17) is 10.5 Å². The molecule has 0 spiro atoms. The van der Waals surface area contributed by atoms with Gasteiger partial charge in [-0.1, -0.05) is 12.1 Å². The zero-order valence-electron chi connectivity index (χ0n) is 14.1. The molecule has 1 amide bonds. The Balaban J connectivity index is 2.33. The Morgan fingerprint density at radius 3 is 2.62 bits per heavy atom. The van der Waals surface area contributed by atoms with Gasteiger partial charge in [-0.15, -0.1) is 0 Å². The summed E-state index contributed by atoms with van der Waals surface area (Å²) in [5, 5.41) is 10.2. The predicted octanol–water partition coefficient (Wildman–Crippen LogP) is 2.61. The number of carbonyl (C=O) groups is 1. The molecule has 0 unspecified atom stereocenters. The summed E-state index contributed by atoms with van der Waals surface area (Å²) in [6, 6.07) is 3.86. The highest BCUT2D eigenvalue weighted by molar-refractivity contribution is 5.69. The molecule has 1 aliphatic rings. The number of hydrogen-bond donors (Lipinski definition) is 2. The third kappa shape index (κ3) is 4.21. The largest absolute Gasteiger partial charge is 0.444 e. The summed E-state index contributed by atoms with van der Waals surface area (Å²) in [6.45, 7) is 5.32. The van der Waals surface area contributed by atoms with Gasteiger partial charge < -0.3 is 15.6 Å². The zero-order valence-corrected chi connectivity index (χ0v) is 14.1. The molecule has 7 heteroatoms. The first-order chi connectivity index (χ1) is 11.1. The van der Waals surface area contributed by atoms with E-state index < -0.39 is 30.3 Å². The number of fused-ring (bicyclic) bond motifs is 1. The van der Waals surface area contributed by atoms with E-state index in [1.165, 1.54) is 17.0 Å². The van der Waals surface area contributed by atoms with Crippen LogP contribution in [0.15, 0.2) is 18.2 Å². The summed E-state index contributed by atoms with van der Waals surface area (Å²) >= 11 is 0. The number of nitrogens with two attached hydrogens (primary N) is 1. The van der Waals surface area contributed by atoms with Gasteiger partial charge in [0.15, 0.2) is 0 Å². The summed E-state index contributed by atoms with van der Waals surface area (Å²) in [5.41, 5.74) is 6.24. The molecule has 0 bridgehead atoms. The van der Waals surface area contributed by atoms with E-state index in [0.717, 1.165) is 5.56 Å². The van der Waals surface area contributed by atoms with Crippen LogP contribution in [-0.4, -0.2) is 40.4 Å². The fourth-order valence-corrected chi connectivity index (χ4v) is 2.79. The number of ether oxygens (including phenoxy) is 1. The van der Waals surface area contributed by atoms with Gasteiger partial charge >= 0.3 is 6.09 Å². The Kier molecular flexibility index (Phi) is 5.45. The van der Waals surface area contributed by atoms with Gasteiger partial charge in [-0.2, -0.15) is 0 Å². The van der Waals surface area contributed by atoms with Crippen molar-refractivity contribution in [3.05, 3.63) is 34.9 Å². The van der Waals surface area contributed by atoms with Crippen LogP contribution in [0.25, 0.3) is 0 Å². The molecule has 134 valence electrons. The summed E-state index contributed by atoms with van der Waals surface area (Å²) in [7, 11) is 0. The molecule has 0 aliphatic carbocycles. The molecule has 1 aliphatic heterocycles. The van der Waals surface area contributed by atoms with Gasteiger partial charge in [0.1, 0.15) is 5.60 Å². The lowest BCUT2D eigenvalue weighted by molar-refractivity contribution is -0.0101. The highest BCUT2D eigenvalue weighted by Crippen LogP contribution is 2.30. The third-order valence-electron chi connectivity index (χ3n) is 3.97. The lowest BCUT2D eigenvalue weighted by Crippen LogP contribution is -2.53. The van der Waals surface area contributed by atoms with Crippen molar-refractivity contribution in [2.24, 2.45) is 5.73 Å². The first-order valence-electron chi connectivity index (χ1n) is 7.90. The Hall–Kier alpha value is -1.73. The lowest BCUT2D eigenvalue weighted by atomic mass is 9.90. The maximum atomic E-state index is 12.9. The van der Waals surface area contributed by atoms with E-state index in [9.17, 15) is 18.7 Å². The quantitative estimate of drug-likeness (QED) is 0.885. The van der Waals surface area contributed by atoms with Crippen molar-refractivity contribution in [3.63, 3.8) is 0 Å². The summed E-state index contributed by atoms with van der Waals surface area (Å²) in [4.78, 5) is 13.9. The molecule has 0 saturated heterocycles. The molecule has 0 fully saturated rings. The Bertz CT molecular complexity index is 602. The molecule has 24 heavy (non-hydrogen) atoms. The number of amides is 1. The van der Waals surface area contributed by atoms with Crippen molar-refractivity contribution in [2.75, 3.05) is 6.54 Å². The molecule has 3 N–H and O–H groups in total. The highest BCUT2D eigenvalue weighted by Gasteiger charge is 2.36.